The zero-order valence-electron chi connectivity index (χ0n) is 7.09. The number of nitrogens with two attached hydrogens (primary N) is 1. The second-order valence-corrected chi connectivity index (χ2v) is 2.84. The minimum absolute atomic E-state index is 0.736. The maximum atomic E-state index is 5.57. The molecule has 0 bridgehead atoms. The van der Waals surface area contributed by atoms with Gasteiger partial charge in [-0.05, 0) is 17.7 Å². The summed E-state index contributed by atoms with van der Waals surface area (Å²) in [6, 6.07) is 7.73. The topological polar surface area (TPSA) is 56.7 Å². The van der Waals surface area contributed by atoms with Crippen molar-refractivity contribution in [2.24, 2.45) is 0 Å². The van der Waals surface area contributed by atoms with E-state index in [0.717, 1.165) is 12.2 Å². The maximum absolute atomic E-state index is 5.57. The lowest BCUT2D eigenvalue weighted by atomic mass is 10.2. The van der Waals surface area contributed by atoms with Crippen molar-refractivity contribution >= 4 is 5.69 Å². The summed E-state index contributed by atoms with van der Waals surface area (Å²) >= 11 is 0. The predicted octanol–water partition coefficient (Wildman–Crippen LogP) is 0.909. The number of nitrogens with zero attached hydrogens (tertiary/aromatic N) is 3. The Hall–Kier alpha value is -1.84. The van der Waals surface area contributed by atoms with Crippen molar-refractivity contribution in [3.05, 3.63) is 42.2 Å². The molecule has 0 unspecified atom stereocenters. The van der Waals surface area contributed by atoms with Crippen molar-refractivity contribution in [1.29, 1.82) is 0 Å². The van der Waals surface area contributed by atoms with E-state index in [0.29, 0.717) is 0 Å². The SMILES string of the molecule is Nc1ccc(Cn2ccnn2)cc1. The molecule has 0 saturated heterocycles. The smallest absolute Gasteiger partial charge is 0.0693 e. The molecule has 1 aromatic heterocycles. The van der Waals surface area contributed by atoms with Gasteiger partial charge in [0.25, 0.3) is 0 Å². The number of nitrogen functional groups attached to an aromatic ring is 1. The second kappa shape index (κ2) is 3.26. The van der Waals surface area contributed by atoms with Crippen LogP contribution in [-0.2, 0) is 6.54 Å². The monoisotopic (exact) mass is 174 g/mol. The molecule has 0 saturated carbocycles. The van der Waals surface area contributed by atoms with Crippen molar-refractivity contribution in [3.63, 3.8) is 0 Å². The summed E-state index contributed by atoms with van der Waals surface area (Å²) in [4.78, 5) is 0. The first kappa shape index (κ1) is 7.79. The van der Waals surface area contributed by atoms with Crippen molar-refractivity contribution in [2.45, 2.75) is 6.54 Å². The zero-order chi connectivity index (χ0) is 9.10. The van der Waals surface area contributed by atoms with Crippen LogP contribution in [0.1, 0.15) is 5.56 Å². The minimum atomic E-state index is 0.736. The lowest BCUT2D eigenvalue weighted by molar-refractivity contribution is 0.650. The van der Waals surface area contributed by atoms with Crippen LogP contribution in [0, 0.1) is 0 Å². The van der Waals surface area contributed by atoms with E-state index in [9.17, 15) is 0 Å². The Morgan fingerprint density at radius 3 is 2.62 bits per heavy atom. The van der Waals surface area contributed by atoms with Gasteiger partial charge in [0.05, 0.1) is 12.7 Å². The summed E-state index contributed by atoms with van der Waals surface area (Å²) in [5.41, 5.74) is 7.51. The van der Waals surface area contributed by atoms with Crippen LogP contribution in [0.5, 0.6) is 0 Å². The molecule has 4 heteroatoms. The molecule has 1 heterocycles. The van der Waals surface area contributed by atoms with Gasteiger partial charge in [0.15, 0.2) is 0 Å². The Labute approximate surface area is 76.0 Å². The highest BCUT2D eigenvalue weighted by Crippen LogP contribution is 2.06. The Bertz CT molecular complexity index is 363. The van der Waals surface area contributed by atoms with Crippen LogP contribution in [0.25, 0.3) is 0 Å². The lowest BCUT2D eigenvalue weighted by Gasteiger charge is -2.00. The largest absolute Gasteiger partial charge is 0.399 e. The van der Waals surface area contributed by atoms with Gasteiger partial charge in [0.1, 0.15) is 0 Å². The molecule has 66 valence electrons. The summed E-state index contributed by atoms with van der Waals surface area (Å²) in [6.45, 7) is 0.736. The van der Waals surface area contributed by atoms with Gasteiger partial charge >= 0.3 is 0 Å². The number of hydrogen-bond donors (Lipinski definition) is 1. The van der Waals surface area contributed by atoms with Gasteiger partial charge in [0.2, 0.25) is 0 Å². The summed E-state index contributed by atoms with van der Waals surface area (Å²) in [5.74, 6) is 0. The van der Waals surface area contributed by atoms with Crippen LogP contribution in [0.2, 0.25) is 0 Å². The van der Waals surface area contributed by atoms with Gasteiger partial charge < -0.3 is 5.73 Å². The molecule has 2 N–H and O–H groups in total. The number of hydrogen-bond acceptors (Lipinski definition) is 3. The van der Waals surface area contributed by atoms with Gasteiger partial charge in [0, 0.05) is 11.9 Å². The number of benzene rings is 1. The number of anilines is 1. The number of aromatic nitrogens is 3. The highest BCUT2D eigenvalue weighted by atomic mass is 15.4. The molecule has 0 spiro atoms. The normalized spacial score (nSPS) is 10.2. The van der Waals surface area contributed by atoms with Crippen molar-refractivity contribution in [1.82, 2.24) is 15.0 Å². The van der Waals surface area contributed by atoms with Crippen LogP contribution in [0.4, 0.5) is 5.69 Å². The minimum Gasteiger partial charge on any atom is -0.399 e. The van der Waals surface area contributed by atoms with E-state index in [1.165, 1.54) is 5.56 Å². The summed E-state index contributed by atoms with van der Waals surface area (Å²) < 4.78 is 1.77. The molecule has 0 aliphatic rings. The number of rotatable bonds is 2. The summed E-state index contributed by atoms with van der Waals surface area (Å²) in [6.07, 6.45) is 3.49. The third-order valence-corrected chi connectivity index (χ3v) is 1.80. The molecular weight excluding hydrogens is 164 g/mol. The molecule has 0 amide bonds. The zero-order valence-corrected chi connectivity index (χ0v) is 7.09. The van der Waals surface area contributed by atoms with Gasteiger partial charge in [-0.3, -0.25) is 0 Å². The fraction of sp³-hybridized carbons (Fsp3) is 0.111. The fourth-order valence-corrected chi connectivity index (χ4v) is 1.13. The van der Waals surface area contributed by atoms with Crippen molar-refractivity contribution in [3.8, 4) is 0 Å². The quantitative estimate of drug-likeness (QED) is 0.688. The molecule has 2 rings (SSSR count). The van der Waals surface area contributed by atoms with Crippen molar-refractivity contribution in [2.75, 3.05) is 5.73 Å². The van der Waals surface area contributed by atoms with Crippen LogP contribution in [-0.4, -0.2) is 15.0 Å². The van der Waals surface area contributed by atoms with Crippen LogP contribution < -0.4 is 5.73 Å². The molecule has 13 heavy (non-hydrogen) atoms. The first-order chi connectivity index (χ1) is 6.34. The van der Waals surface area contributed by atoms with E-state index in [1.54, 1.807) is 10.9 Å². The average molecular weight is 174 g/mol. The van der Waals surface area contributed by atoms with Gasteiger partial charge in [-0.1, -0.05) is 17.3 Å². The molecule has 0 fully saturated rings. The highest BCUT2D eigenvalue weighted by molar-refractivity contribution is 5.39. The van der Waals surface area contributed by atoms with Crippen molar-refractivity contribution < 1.29 is 0 Å². The average Bonchev–Trinajstić information content (AvgIpc) is 2.62. The predicted molar refractivity (Wildman–Crippen MR) is 50.0 cm³/mol. The van der Waals surface area contributed by atoms with E-state index in [-0.39, 0.29) is 0 Å². The third kappa shape index (κ3) is 1.84. The molecule has 0 aliphatic carbocycles. The second-order valence-electron chi connectivity index (χ2n) is 2.84. The van der Waals surface area contributed by atoms with E-state index in [2.05, 4.69) is 10.3 Å². The molecule has 4 nitrogen and oxygen atoms in total. The molecule has 2 aromatic rings. The van der Waals surface area contributed by atoms with E-state index in [1.807, 2.05) is 30.5 Å². The van der Waals surface area contributed by atoms with Gasteiger partial charge in [-0.25, -0.2) is 4.68 Å². The summed E-state index contributed by atoms with van der Waals surface area (Å²) in [7, 11) is 0. The summed E-state index contributed by atoms with van der Waals surface area (Å²) in [5, 5.41) is 7.59. The Morgan fingerprint density at radius 1 is 1.23 bits per heavy atom. The van der Waals surface area contributed by atoms with E-state index < -0.39 is 0 Å². The van der Waals surface area contributed by atoms with Gasteiger partial charge in [-0.2, -0.15) is 0 Å². The molecule has 0 atom stereocenters. The van der Waals surface area contributed by atoms with E-state index in [4.69, 9.17) is 5.73 Å². The highest BCUT2D eigenvalue weighted by Gasteiger charge is 1.94. The maximum Gasteiger partial charge on any atom is 0.0693 e. The Kier molecular flexibility index (Phi) is 1.96. The van der Waals surface area contributed by atoms with Crippen LogP contribution >= 0.6 is 0 Å². The van der Waals surface area contributed by atoms with E-state index >= 15 is 0 Å². The third-order valence-electron chi connectivity index (χ3n) is 1.80. The molecule has 0 radical (unpaired) electrons. The molecular formula is C9H10N4. The first-order valence-corrected chi connectivity index (χ1v) is 4.03. The Balaban J connectivity index is 2.15. The first-order valence-electron chi connectivity index (χ1n) is 4.03. The standard InChI is InChI=1S/C9H10N4/c10-9-3-1-8(2-4-9)7-13-6-5-11-12-13/h1-6H,7,10H2. The molecule has 1 aromatic carbocycles. The fourth-order valence-electron chi connectivity index (χ4n) is 1.13. The van der Waals surface area contributed by atoms with Crippen LogP contribution in [0.3, 0.4) is 0 Å². The Morgan fingerprint density at radius 2 is 2.00 bits per heavy atom. The van der Waals surface area contributed by atoms with Gasteiger partial charge in [-0.15, -0.1) is 5.10 Å². The van der Waals surface area contributed by atoms with Crippen LogP contribution in [0.15, 0.2) is 36.7 Å². The molecule has 0 aliphatic heterocycles. The lowest BCUT2D eigenvalue weighted by Crippen LogP contribution is -2.00.